The van der Waals surface area contributed by atoms with E-state index in [9.17, 15) is 4.79 Å². The van der Waals surface area contributed by atoms with Crippen LogP contribution in [0.15, 0.2) is 36.4 Å². The van der Waals surface area contributed by atoms with Crippen molar-refractivity contribution in [2.24, 2.45) is 0 Å². The van der Waals surface area contributed by atoms with Crippen molar-refractivity contribution < 1.29 is 56.9 Å². The maximum absolute atomic E-state index is 12.6. The van der Waals surface area contributed by atoms with Gasteiger partial charge in [0.1, 0.15) is 0 Å². The van der Waals surface area contributed by atoms with Gasteiger partial charge >= 0.3 is 108 Å². The molecule has 0 aromatic heterocycles. The van der Waals surface area contributed by atoms with E-state index in [0.29, 0.717) is 11.6 Å². The Morgan fingerprint density at radius 2 is 1.81 bits per heavy atom. The number of likely N-dealkylation sites (tertiary alicyclic amines) is 1. The molecule has 6 heteroatoms. The number of hydrogen-bond donors (Lipinski definition) is 0. The Hall–Kier alpha value is -0.668. The minimum absolute atomic E-state index is 0. The smallest absolute Gasteiger partial charge is 0 e. The molecule has 27 heavy (non-hydrogen) atoms. The predicted molar refractivity (Wildman–Crippen MR) is 101 cm³/mol. The van der Waals surface area contributed by atoms with Crippen molar-refractivity contribution in [2.45, 2.75) is 6.04 Å². The minimum atomic E-state index is 0. The van der Waals surface area contributed by atoms with Gasteiger partial charge in [0.05, 0.1) is 0 Å². The van der Waals surface area contributed by atoms with E-state index in [0.717, 1.165) is 50.4 Å². The summed E-state index contributed by atoms with van der Waals surface area (Å²) >= 11 is 1.46. The van der Waals surface area contributed by atoms with Gasteiger partial charge in [0.2, 0.25) is 5.91 Å². The quantitative estimate of drug-likeness (QED) is 0.377. The Morgan fingerprint density at radius 3 is 2.44 bits per heavy atom. The summed E-state index contributed by atoms with van der Waals surface area (Å²) in [5, 5.41) is 0. The van der Waals surface area contributed by atoms with Gasteiger partial charge in [-0.05, 0) is 5.56 Å². The first kappa shape index (κ1) is 22.6. The van der Waals surface area contributed by atoms with Crippen LogP contribution in [-0.4, -0.2) is 70.3 Å². The van der Waals surface area contributed by atoms with Gasteiger partial charge in [-0.25, -0.2) is 12.1 Å². The molecule has 0 N–H and O–H groups in total. The molecule has 0 bridgehead atoms. The molecule has 0 atom stereocenters. The van der Waals surface area contributed by atoms with Crippen molar-refractivity contribution in [2.75, 3.05) is 39.3 Å². The summed E-state index contributed by atoms with van der Waals surface area (Å²) in [6.45, 7) is 13.5. The molecule has 0 aliphatic carbocycles. The molecule has 141 valence electrons. The van der Waals surface area contributed by atoms with Gasteiger partial charge in [-0.2, -0.15) is 0 Å². The van der Waals surface area contributed by atoms with Crippen LogP contribution in [0.5, 0.6) is 0 Å². The van der Waals surface area contributed by atoms with Crippen LogP contribution in [0.1, 0.15) is 21.5 Å². The average Bonchev–Trinajstić information content (AvgIpc) is 2.61. The summed E-state index contributed by atoms with van der Waals surface area (Å²) in [4.78, 5) is 19.2. The summed E-state index contributed by atoms with van der Waals surface area (Å²) in [7, 11) is 0. The Morgan fingerprint density at radius 1 is 1.11 bits per heavy atom. The molecular weight excluding hydrogens is 583 g/mol. The van der Waals surface area contributed by atoms with Crippen LogP contribution in [0.25, 0.3) is 0 Å². The van der Waals surface area contributed by atoms with Gasteiger partial charge in [0.25, 0.3) is 0 Å². The van der Waals surface area contributed by atoms with E-state index in [1.54, 1.807) is 0 Å². The average molecular weight is 607 g/mol. The fraction of sp³-hybridized carbons (Fsp3) is 0.333. The zero-order valence-corrected chi connectivity index (χ0v) is 21.3. The van der Waals surface area contributed by atoms with E-state index in [2.05, 4.69) is 34.2 Å². The monoisotopic (exact) mass is 607 g/mol. The van der Waals surface area contributed by atoms with Crippen molar-refractivity contribution in [1.82, 2.24) is 14.7 Å². The van der Waals surface area contributed by atoms with Crippen molar-refractivity contribution in [3.05, 3.63) is 73.2 Å². The second-order valence-corrected chi connectivity index (χ2v) is 7.67. The second-order valence-electron chi connectivity index (χ2n) is 6.69. The van der Waals surface area contributed by atoms with Crippen molar-refractivity contribution >= 4 is 10.3 Å². The van der Waals surface area contributed by atoms with Crippen LogP contribution in [-0.2, 0) is 52.1 Å². The Balaban J connectivity index is 0.00000261. The fourth-order valence-corrected chi connectivity index (χ4v) is 3.59. The van der Waals surface area contributed by atoms with E-state index >= 15 is 0 Å². The number of rotatable bonds is 5. The van der Waals surface area contributed by atoms with E-state index in [4.69, 9.17) is 0 Å². The molecular formula is C21H24N3OWY-3. The van der Waals surface area contributed by atoms with Crippen LogP contribution in [0.3, 0.4) is 0 Å². The first-order valence-electron chi connectivity index (χ1n) is 8.84. The van der Waals surface area contributed by atoms with Crippen molar-refractivity contribution in [3.63, 3.8) is 0 Å². The third-order valence-electron chi connectivity index (χ3n) is 4.98. The van der Waals surface area contributed by atoms with E-state index in [1.165, 1.54) is 19.4 Å². The van der Waals surface area contributed by atoms with E-state index < -0.39 is 0 Å². The molecule has 0 saturated carbocycles. The summed E-state index contributed by atoms with van der Waals surface area (Å²) in [5.74, 6) is 0.0994. The molecule has 0 spiro atoms. The van der Waals surface area contributed by atoms with Crippen LogP contribution in [0, 0.1) is 20.0 Å². The molecule has 1 aromatic carbocycles. The SMILES string of the molecule is [CH2-]c1ccc(C(=O)N2CC(N3CCN([C-]=C/C=C\[CH]=[W])CC3)C2)cc1[CH2-].[Y]. The number of benzene rings is 1. The van der Waals surface area contributed by atoms with Crippen LogP contribution < -0.4 is 0 Å². The zero-order chi connectivity index (χ0) is 18.5. The van der Waals surface area contributed by atoms with Gasteiger partial charge in [-0.1, -0.05) is 0 Å². The number of hydrogen-bond acceptors (Lipinski definition) is 3. The minimum Gasteiger partial charge on any atom is -0.299 e. The zero-order valence-electron chi connectivity index (χ0n) is 15.5. The van der Waals surface area contributed by atoms with Crippen molar-refractivity contribution in [3.8, 4) is 0 Å². The van der Waals surface area contributed by atoms with Crippen molar-refractivity contribution in [1.29, 1.82) is 0 Å². The Labute approximate surface area is 198 Å². The third-order valence-corrected chi connectivity index (χ3v) is 5.54. The summed E-state index contributed by atoms with van der Waals surface area (Å²) in [6, 6.07) is 6.03. The predicted octanol–water partition coefficient (Wildman–Crippen LogP) is 1.71. The summed E-state index contributed by atoms with van der Waals surface area (Å²) < 4.78 is 2.09. The molecule has 2 saturated heterocycles. The molecule has 1 radical (unpaired) electrons. The van der Waals surface area contributed by atoms with Gasteiger partial charge in [0.15, 0.2) is 0 Å². The van der Waals surface area contributed by atoms with E-state index in [1.807, 2.05) is 41.3 Å². The number of piperazine rings is 1. The molecule has 2 aliphatic rings. The normalized spacial score (nSPS) is 18.5. The van der Waals surface area contributed by atoms with Gasteiger partial charge in [-0.3, -0.25) is 29.8 Å². The number of carbonyl (C=O) groups excluding carboxylic acids is 1. The summed E-state index contributed by atoms with van der Waals surface area (Å²) in [6.07, 6.45) is 9.36. The van der Waals surface area contributed by atoms with Crippen LogP contribution in [0.2, 0.25) is 0 Å². The summed E-state index contributed by atoms with van der Waals surface area (Å²) in [5.41, 5.74) is 2.40. The fourth-order valence-electron chi connectivity index (χ4n) is 3.26. The first-order chi connectivity index (χ1) is 12.6. The standard InChI is InChI=1S/C21H24N3O.W.Y/c1-4-5-6-9-22-10-12-23(13-11-22)20-15-24(16-20)21(25)19-8-7-17(2)18(3)14-19;;/h1,4-8,14,20H,2-3,10-13,15-16H2;;/q-3;;/b5-4-;;. The van der Waals surface area contributed by atoms with E-state index in [-0.39, 0.29) is 38.6 Å². The second kappa shape index (κ2) is 10.8. The maximum atomic E-state index is 12.6. The molecule has 1 aromatic rings. The number of allylic oxidation sites excluding steroid dienone is 3. The number of carbonyl (C=O) groups is 1. The molecule has 2 fully saturated rings. The Kier molecular flexibility index (Phi) is 9.02. The molecule has 4 nitrogen and oxygen atoms in total. The third kappa shape index (κ3) is 5.90. The maximum Gasteiger partial charge on any atom is 0 e. The molecule has 3 rings (SSSR count). The van der Waals surface area contributed by atoms with Gasteiger partial charge < -0.3 is 0 Å². The topological polar surface area (TPSA) is 26.8 Å². The molecule has 2 aliphatic heterocycles. The van der Waals surface area contributed by atoms with Gasteiger partial charge in [0, 0.05) is 32.7 Å². The molecule has 1 amide bonds. The number of nitrogens with zero attached hydrogens (tertiary/aromatic N) is 3. The molecule has 2 heterocycles. The largest absolute Gasteiger partial charge is 0.299 e. The Bertz CT molecular complexity index is 720. The first-order valence-corrected chi connectivity index (χ1v) is 10.5. The van der Waals surface area contributed by atoms with Gasteiger partial charge in [-0.15, -0.1) is 6.07 Å². The number of amides is 1. The van der Waals surface area contributed by atoms with Crippen LogP contribution >= 0.6 is 0 Å². The van der Waals surface area contributed by atoms with Crippen LogP contribution in [0.4, 0.5) is 0 Å². The molecule has 0 unspecified atom stereocenters.